The summed E-state index contributed by atoms with van der Waals surface area (Å²) in [5.74, 6) is 0.751. The van der Waals surface area contributed by atoms with Crippen LogP contribution in [-0.2, 0) is 27.2 Å². The van der Waals surface area contributed by atoms with Gasteiger partial charge in [0.1, 0.15) is 12.5 Å². The van der Waals surface area contributed by atoms with Crippen LogP contribution in [-0.4, -0.2) is 37.5 Å². The number of ether oxygens (including phenoxy) is 4. The summed E-state index contributed by atoms with van der Waals surface area (Å²) in [7, 11) is 0. The Hall–Kier alpha value is -2.18. The highest BCUT2D eigenvalue weighted by atomic mass is 16.7. The lowest BCUT2D eigenvalue weighted by Gasteiger charge is -2.16. The lowest BCUT2D eigenvalue weighted by molar-refractivity contribution is -0.0572. The van der Waals surface area contributed by atoms with Crippen molar-refractivity contribution >= 4 is 12.2 Å². The number of unbranched alkanes of at least 4 members (excludes halogenated alkanes) is 1. The average molecular weight is 457 g/mol. The summed E-state index contributed by atoms with van der Waals surface area (Å²) in [4.78, 5) is 0. The van der Waals surface area contributed by atoms with Crippen LogP contribution in [0.1, 0.15) is 69.2 Å². The van der Waals surface area contributed by atoms with E-state index in [4.69, 9.17) is 18.9 Å². The van der Waals surface area contributed by atoms with Crippen molar-refractivity contribution in [2.75, 3.05) is 26.8 Å². The maximum atomic E-state index is 9.87. The molecule has 5 heteroatoms. The molecule has 182 valence electrons. The van der Waals surface area contributed by atoms with Gasteiger partial charge in [-0.2, -0.15) is 0 Å². The van der Waals surface area contributed by atoms with Gasteiger partial charge in [-0.25, -0.2) is 0 Å². The number of hydrogen-bond donors (Lipinski definition) is 1. The highest BCUT2D eigenvalue weighted by Crippen LogP contribution is 2.21. The van der Waals surface area contributed by atoms with Crippen molar-refractivity contribution in [3.05, 3.63) is 64.7 Å². The van der Waals surface area contributed by atoms with Crippen LogP contribution in [0.4, 0.5) is 0 Å². The van der Waals surface area contributed by atoms with Gasteiger partial charge in [-0.05, 0) is 87.4 Å². The molecule has 0 fully saturated rings. The molecule has 0 radical (unpaired) electrons. The lowest BCUT2D eigenvalue weighted by Crippen LogP contribution is -2.17. The third-order valence-electron chi connectivity index (χ3n) is 5.06. The van der Waals surface area contributed by atoms with Crippen LogP contribution in [0.2, 0.25) is 0 Å². The minimum atomic E-state index is -0.585. The fourth-order valence-electron chi connectivity index (χ4n) is 3.38. The lowest BCUT2D eigenvalue weighted by atomic mass is 9.98. The predicted molar refractivity (Wildman–Crippen MR) is 134 cm³/mol. The minimum Gasteiger partial charge on any atom is -0.468 e. The molecule has 0 aliphatic carbocycles. The topological polar surface area (TPSA) is 57.2 Å². The number of rotatable bonds is 16. The third-order valence-corrected chi connectivity index (χ3v) is 5.06. The zero-order chi connectivity index (χ0) is 23.9. The number of aliphatic hydroxyl groups is 1. The molecule has 2 aromatic rings. The van der Waals surface area contributed by atoms with Gasteiger partial charge in [0.05, 0.1) is 12.2 Å². The molecule has 0 saturated carbocycles. The van der Waals surface area contributed by atoms with E-state index in [2.05, 4.69) is 42.5 Å². The van der Waals surface area contributed by atoms with Gasteiger partial charge in [-0.1, -0.05) is 42.8 Å². The number of hydrogen-bond acceptors (Lipinski definition) is 5. The van der Waals surface area contributed by atoms with Crippen LogP contribution < -0.4 is 4.74 Å². The van der Waals surface area contributed by atoms with Gasteiger partial charge in [-0.3, -0.25) is 0 Å². The SMILES string of the molecule is CCOCOCc1cc(C=Cc2cccc(CCCCC(C)(C)O)c2)cc(OCOCC)c1. The van der Waals surface area contributed by atoms with E-state index >= 15 is 0 Å². The van der Waals surface area contributed by atoms with Crippen LogP contribution in [0.3, 0.4) is 0 Å². The van der Waals surface area contributed by atoms with Gasteiger partial charge in [0.25, 0.3) is 0 Å². The summed E-state index contributed by atoms with van der Waals surface area (Å²) in [5, 5.41) is 9.87. The minimum absolute atomic E-state index is 0.221. The van der Waals surface area contributed by atoms with E-state index in [0.717, 1.165) is 48.1 Å². The molecule has 0 heterocycles. The van der Waals surface area contributed by atoms with E-state index in [-0.39, 0.29) is 13.6 Å². The Balaban J connectivity index is 2.04. The predicted octanol–water partition coefficient (Wildman–Crippen LogP) is 6.22. The Morgan fingerprint density at radius 3 is 2.30 bits per heavy atom. The molecule has 0 aliphatic rings. The number of aryl methyl sites for hydroxylation is 1. The molecule has 5 nitrogen and oxygen atoms in total. The first-order chi connectivity index (χ1) is 15.9. The van der Waals surface area contributed by atoms with Gasteiger partial charge in [0.15, 0.2) is 6.79 Å². The summed E-state index contributed by atoms with van der Waals surface area (Å²) < 4.78 is 21.9. The van der Waals surface area contributed by atoms with Crippen LogP contribution in [0, 0.1) is 0 Å². The first-order valence-corrected chi connectivity index (χ1v) is 11.9. The van der Waals surface area contributed by atoms with Crippen molar-refractivity contribution in [3.63, 3.8) is 0 Å². The highest BCUT2D eigenvalue weighted by Gasteiger charge is 2.11. The van der Waals surface area contributed by atoms with E-state index in [9.17, 15) is 5.11 Å². The van der Waals surface area contributed by atoms with E-state index in [1.165, 1.54) is 5.56 Å². The Labute approximate surface area is 199 Å². The molecule has 1 N–H and O–H groups in total. The third kappa shape index (κ3) is 12.0. The monoisotopic (exact) mass is 456 g/mol. The van der Waals surface area contributed by atoms with Gasteiger partial charge in [0.2, 0.25) is 0 Å². The molecular formula is C28H40O5. The largest absolute Gasteiger partial charge is 0.468 e. The van der Waals surface area contributed by atoms with Gasteiger partial charge < -0.3 is 24.1 Å². The second kappa shape index (κ2) is 14.9. The molecule has 0 atom stereocenters. The molecule has 0 saturated heterocycles. The maximum Gasteiger partial charge on any atom is 0.189 e. The van der Waals surface area contributed by atoms with Crippen molar-refractivity contribution in [2.24, 2.45) is 0 Å². The Kier molecular flexibility index (Phi) is 12.2. The summed E-state index contributed by atoms with van der Waals surface area (Å²) >= 11 is 0. The molecular weight excluding hydrogens is 416 g/mol. The van der Waals surface area contributed by atoms with Gasteiger partial charge in [0, 0.05) is 13.2 Å². The molecule has 33 heavy (non-hydrogen) atoms. The van der Waals surface area contributed by atoms with Crippen LogP contribution >= 0.6 is 0 Å². The van der Waals surface area contributed by atoms with E-state index in [1.54, 1.807) is 0 Å². The van der Waals surface area contributed by atoms with Gasteiger partial charge >= 0.3 is 0 Å². The molecule has 0 aliphatic heterocycles. The van der Waals surface area contributed by atoms with Crippen LogP contribution in [0.15, 0.2) is 42.5 Å². The molecule has 2 aromatic carbocycles. The summed E-state index contributed by atoms with van der Waals surface area (Å²) in [6, 6.07) is 14.7. The average Bonchev–Trinajstić information content (AvgIpc) is 2.78. The molecule has 0 aromatic heterocycles. The van der Waals surface area contributed by atoms with Crippen LogP contribution in [0.25, 0.3) is 12.2 Å². The van der Waals surface area contributed by atoms with Crippen molar-refractivity contribution in [1.82, 2.24) is 0 Å². The Morgan fingerprint density at radius 1 is 0.818 bits per heavy atom. The number of benzene rings is 2. The molecule has 0 spiro atoms. The fraction of sp³-hybridized carbons (Fsp3) is 0.500. The van der Waals surface area contributed by atoms with Crippen molar-refractivity contribution in [1.29, 1.82) is 0 Å². The second-order valence-corrected chi connectivity index (χ2v) is 8.72. The molecule has 0 unspecified atom stereocenters. The van der Waals surface area contributed by atoms with Crippen molar-refractivity contribution < 1.29 is 24.1 Å². The first kappa shape index (κ1) is 27.1. The highest BCUT2D eigenvalue weighted by molar-refractivity contribution is 5.70. The quantitative estimate of drug-likeness (QED) is 0.184. The van der Waals surface area contributed by atoms with Gasteiger partial charge in [-0.15, -0.1) is 0 Å². The Bertz CT molecular complexity index is 838. The second-order valence-electron chi connectivity index (χ2n) is 8.72. The standard InChI is InChI=1S/C28H40O5/c1-5-30-21-32-20-26-17-25(18-27(19-26)33-22-31-6-2)14-13-24-12-9-11-23(16-24)10-7-8-15-28(3,4)29/h9,11-14,16-19,29H,5-8,10,15,20-22H2,1-4H3. The first-order valence-electron chi connectivity index (χ1n) is 11.9. The molecule has 0 bridgehead atoms. The summed E-state index contributed by atoms with van der Waals surface area (Å²) in [5.41, 5.74) is 3.94. The Morgan fingerprint density at radius 2 is 1.55 bits per heavy atom. The zero-order valence-corrected chi connectivity index (χ0v) is 20.6. The summed E-state index contributed by atoms with van der Waals surface area (Å²) in [6.45, 7) is 9.80. The maximum absolute atomic E-state index is 9.87. The molecule has 0 amide bonds. The van der Waals surface area contributed by atoms with E-state index in [0.29, 0.717) is 19.8 Å². The van der Waals surface area contributed by atoms with E-state index in [1.807, 2.05) is 39.8 Å². The molecule has 2 rings (SSSR count). The smallest absolute Gasteiger partial charge is 0.189 e. The fourth-order valence-corrected chi connectivity index (χ4v) is 3.38. The summed E-state index contributed by atoms with van der Waals surface area (Å²) in [6.07, 6.45) is 8.14. The van der Waals surface area contributed by atoms with Crippen LogP contribution in [0.5, 0.6) is 5.75 Å². The van der Waals surface area contributed by atoms with Crippen molar-refractivity contribution in [2.45, 2.75) is 65.6 Å². The normalized spacial score (nSPS) is 11.9. The zero-order valence-electron chi connectivity index (χ0n) is 20.6. The van der Waals surface area contributed by atoms with E-state index < -0.39 is 5.60 Å². The van der Waals surface area contributed by atoms with Crippen molar-refractivity contribution in [3.8, 4) is 5.75 Å².